The van der Waals surface area contributed by atoms with Gasteiger partial charge in [0.05, 0.1) is 5.54 Å². The van der Waals surface area contributed by atoms with E-state index in [9.17, 15) is 9.18 Å². The molecule has 2 amide bonds. The van der Waals surface area contributed by atoms with Crippen molar-refractivity contribution in [2.24, 2.45) is 0 Å². The molecule has 0 aromatic heterocycles. The molecule has 0 bridgehead atoms. The fraction of sp³-hybridized carbons (Fsp3) is 0.533. The number of rotatable bonds is 4. The first-order valence-corrected chi connectivity index (χ1v) is 6.95. The van der Waals surface area contributed by atoms with Crippen molar-refractivity contribution in [2.75, 3.05) is 13.1 Å². The highest BCUT2D eigenvalue weighted by Crippen LogP contribution is 2.42. The Bertz CT molecular complexity index is 453. The summed E-state index contributed by atoms with van der Waals surface area (Å²) < 4.78 is 14.0. The third-order valence-corrected chi connectivity index (χ3v) is 3.99. The molecule has 1 aromatic rings. The molecule has 0 aliphatic heterocycles. The Morgan fingerprint density at radius 3 is 2.42 bits per heavy atom. The van der Waals surface area contributed by atoms with Crippen LogP contribution in [0.3, 0.4) is 0 Å². The molecule has 2 rings (SSSR count). The second-order valence-corrected chi connectivity index (χ2v) is 5.02. The number of amides is 2. The molecule has 3 nitrogen and oxygen atoms in total. The molecule has 1 aliphatic rings. The zero-order valence-electron chi connectivity index (χ0n) is 11.6. The van der Waals surface area contributed by atoms with E-state index in [0.717, 1.165) is 19.3 Å². The Morgan fingerprint density at radius 2 is 1.95 bits per heavy atom. The van der Waals surface area contributed by atoms with Crippen molar-refractivity contribution in [3.63, 3.8) is 0 Å². The summed E-state index contributed by atoms with van der Waals surface area (Å²) in [4.78, 5) is 13.9. The van der Waals surface area contributed by atoms with Gasteiger partial charge in [0.1, 0.15) is 5.82 Å². The first-order valence-electron chi connectivity index (χ1n) is 6.95. The third-order valence-electron chi connectivity index (χ3n) is 3.99. The van der Waals surface area contributed by atoms with Gasteiger partial charge in [-0.2, -0.15) is 0 Å². The first-order chi connectivity index (χ1) is 9.13. The van der Waals surface area contributed by atoms with Crippen LogP contribution in [-0.2, 0) is 5.54 Å². The zero-order valence-corrected chi connectivity index (χ0v) is 11.6. The molecule has 1 fully saturated rings. The van der Waals surface area contributed by atoms with Crippen molar-refractivity contribution < 1.29 is 9.18 Å². The summed E-state index contributed by atoms with van der Waals surface area (Å²) in [6, 6.07) is 6.63. The number of carbonyl (C=O) groups excluding carboxylic acids is 1. The molecular weight excluding hydrogens is 243 g/mol. The van der Waals surface area contributed by atoms with Gasteiger partial charge >= 0.3 is 6.03 Å². The average molecular weight is 264 g/mol. The van der Waals surface area contributed by atoms with E-state index in [1.165, 1.54) is 6.07 Å². The molecule has 1 saturated carbocycles. The first kappa shape index (κ1) is 13.8. The Hall–Kier alpha value is -1.58. The standard InChI is InChI=1S/C15H21FN2O/c1-3-18(4-2)14(19)17-15(10-7-11-15)12-8-5-6-9-13(12)16/h5-6,8-9H,3-4,7,10-11H2,1-2H3,(H,17,19). The second kappa shape index (κ2) is 5.59. The normalized spacial score (nSPS) is 16.6. The summed E-state index contributed by atoms with van der Waals surface area (Å²) in [5.41, 5.74) is 0.104. The fourth-order valence-electron chi connectivity index (χ4n) is 2.64. The minimum absolute atomic E-state index is 0.104. The molecule has 0 radical (unpaired) electrons. The van der Waals surface area contributed by atoms with Crippen molar-refractivity contribution in [3.8, 4) is 0 Å². The Labute approximate surface area is 113 Å². The van der Waals surface area contributed by atoms with E-state index in [-0.39, 0.29) is 11.8 Å². The monoisotopic (exact) mass is 264 g/mol. The largest absolute Gasteiger partial charge is 0.328 e. The molecule has 104 valence electrons. The highest BCUT2D eigenvalue weighted by molar-refractivity contribution is 5.75. The highest BCUT2D eigenvalue weighted by Gasteiger charge is 2.42. The summed E-state index contributed by atoms with van der Waals surface area (Å²) in [5.74, 6) is -0.234. The van der Waals surface area contributed by atoms with Crippen LogP contribution in [0.1, 0.15) is 38.7 Å². The Kier molecular flexibility index (Phi) is 4.08. The van der Waals surface area contributed by atoms with Crippen LogP contribution in [0.15, 0.2) is 24.3 Å². The van der Waals surface area contributed by atoms with Gasteiger partial charge in [0.2, 0.25) is 0 Å². The number of nitrogens with zero attached hydrogens (tertiary/aromatic N) is 1. The Morgan fingerprint density at radius 1 is 1.32 bits per heavy atom. The van der Waals surface area contributed by atoms with Crippen LogP contribution in [0.2, 0.25) is 0 Å². The van der Waals surface area contributed by atoms with E-state index in [2.05, 4.69) is 5.32 Å². The lowest BCUT2D eigenvalue weighted by Gasteiger charge is -2.44. The molecule has 0 atom stereocenters. The predicted molar refractivity (Wildman–Crippen MR) is 73.4 cm³/mol. The van der Waals surface area contributed by atoms with Crippen molar-refractivity contribution in [2.45, 2.75) is 38.6 Å². The van der Waals surface area contributed by atoms with Crippen LogP contribution < -0.4 is 5.32 Å². The van der Waals surface area contributed by atoms with Crippen molar-refractivity contribution >= 4 is 6.03 Å². The van der Waals surface area contributed by atoms with Gasteiger partial charge < -0.3 is 10.2 Å². The number of benzene rings is 1. The minimum Gasteiger partial charge on any atom is -0.328 e. The zero-order chi connectivity index (χ0) is 13.9. The van der Waals surface area contributed by atoms with Gasteiger partial charge in [-0.05, 0) is 39.2 Å². The van der Waals surface area contributed by atoms with Gasteiger partial charge in [-0.15, -0.1) is 0 Å². The average Bonchev–Trinajstić information content (AvgIpc) is 2.36. The van der Waals surface area contributed by atoms with Crippen LogP contribution in [0.25, 0.3) is 0 Å². The van der Waals surface area contributed by atoms with Crippen LogP contribution in [0, 0.1) is 5.82 Å². The summed E-state index contributed by atoms with van der Waals surface area (Å²) >= 11 is 0. The second-order valence-electron chi connectivity index (χ2n) is 5.02. The number of hydrogen-bond donors (Lipinski definition) is 1. The highest BCUT2D eigenvalue weighted by atomic mass is 19.1. The topological polar surface area (TPSA) is 32.3 Å². The van der Waals surface area contributed by atoms with Crippen LogP contribution in [0.4, 0.5) is 9.18 Å². The fourth-order valence-corrected chi connectivity index (χ4v) is 2.64. The summed E-state index contributed by atoms with van der Waals surface area (Å²) in [5, 5.41) is 3.04. The van der Waals surface area contributed by atoms with E-state index < -0.39 is 5.54 Å². The lowest BCUT2D eigenvalue weighted by Crippen LogP contribution is -2.55. The Balaban J connectivity index is 2.20. The van der Waals surface area contributed by atoms with Crippen molar-refractivity contribution in [3.05, 3.63) is 35.6 Å². The van der Waals surface area contributed by atoms with Gasteiger partial charge in [-0.25, -0.2) is 9.18 Å². The van der Waals surface area contributed by atoms with Gasteiger partial charge in [0, 0.05) is 18.7 Å². The molecule has 4 heteroatoms. The molecule has 1 aliphatic carbocycles. The molecule has 19 heavy (non-hydrogen) atoms. The van der Waals surface area contributed by atoms with E-state index in [0.29, 0.717) is 18.7 Å². The lowest BCUT2D eigenvalue weighted by atomic mass is 9.71. The van der Waals surface area contributed by atoms with Crippen molar-refractivity contribution in [1.29, 1.82) is 0 Å². The third kappa shape index (κ3) is 2.57. The molecule has 0 saturated heterocycles. The molecule has 0 spiro atoms. The number of nitrogens with one attached hydrogen (secondary N) is 1. The maximum Gasteiger partial charge on any atom is 0.318 e. The SMILES string of the molecule is CCN(CC)C(=O)NC1(c2ccccc2F)CCC1. The van der Waals surface area contributed by atoms with Crippen molar-refractivity contribution in [1.82, 2.24) is 10.2 Å². The van der Waals surface area contributed by atoms with Crippen LogP contribution in [0.5, 0.6) is 0 Å². The van der Waals surface area contributed by atoms with Gasteiger partial charge in [-0.3, -0.25) is 0 Å². The quantitative estimate of drug-likeness (QED) is 0.889. The van der Waals surface area contributed by atoms with E-state index in [1.807, 2.05) is 19.9 Å². The number of urea groups is 1. The van der Waals surface area contributed by atoms with Crippen LogP contribution >= 0.6 is 0 Å². The van der Waals surface area contributed by atoms with Gasteiger partial charge in [0.25, 0.3) is 0 Å². The maximum absolute atomic E-state index is 14.0. The van der Waals surface area contributed by atoms with E-state index >= 15 is 0 Å². The summed E-state index contributed by atoms with van der Waals surface area (Å²) in [7, 11) is 0. The predicted octanol–water partition coefficient (Wildman–Crippen LogP) is 3.26. The lowest BCUT2D eigenvalue weighted by molar-refractivity contribution is 0.150. The number of halogens is 1. The molecule has 0 heterocycles. The molecule has 0 unspecified atom stereocenters. The summed E-state index contributed by atoms with van der Waals surface area (Å²) in [6.45, 7) is 5.21. The van der Waals surface area contributed by atoms with Gasteiger partial charge in [-0.1, -0.05) is 18.2 Å². The summed E-state index contributed by atoms with van der Waals surface area (Å²) in [6.07, 6.45) is 2.63. The van der Waals surface area contributed by atoms with Gasteiger partial charge in [0.15, 0.2) is 0 Å². The smallest absolute Gasteiger partial charge is 0.318 e. The van der Waals surface area contributed by atoms with E-state index in [1.54, 1.807) is 17.0 Å². The molecule has 1 N–H and O–H groups in total. The minimum atomic E-state index is -0.509. The molecule has 1 aromatic carbocycles. The van der Waals surface area contributed by atoms with Crippen LogP contribution in [-0.4, -0.2) is 24.0 Å². The van der Waals surface area contributed by atoms with E-state index in [4.69, 9.17) is 0 Å². The molecular formula is C15H21FN2O. The number of hydrogen-bond acceptors (Lipinski definition) is 1. The maximum atomic E-state index is 14.0. The number of carbonyl (C=O) groups is 1.